The number of benzene rings is 2. The van der Waals surface area contributed by atoms with E-state index in [2.05, 4.69) is 10.3 Å². The first-order chi connectivity index (χ1) is 11.1. The van der Waals surface area contributed by atoms with Crippen molar-refractivity contribution in [2.24, 2.45) is 0 Å². The molecule has 0 radical (unpaired) electrons. The predicted octanol–water partition coefficient (Wildman–Crippen LogP) is 1.62. The van der Waals surface area contributed by atoms with Crippen molar-refractivity contribution in [3.63, 3.8) is 0 Å². The van der Waals surface area contributed by atoms with Crippen LogP contribution < -0.4 is 5.56 Å². The van der Waals surface area contributed by atoms with Crippen LogP contribution in [-0.4, -0.2) is 26.1 Å². The van der Waals surface area contributed by atoms with Crippen molar-refractivity contribution in [3.8, 4) is 5.75 Å². The number of carbonyl (C=O) groups is 1. The van der Waals surface area contributed by atoms with Crippen molar-refractivity contribution in [2.75, 3.05) is 0 Å². The molecule has 0 aliphatic rings. The minimum atomic E-state index is -0.743. The molecule has 0 unspecified atom stereocenters. The molecule has 0 aliphatic carbocycles. The molecule has 0 fully saturated rings. The average molecular weight is 311 g/mol. The number of carbonyl (C=O) groups excluding carboxylic acids is 1. The van der Waals surface area contributed by atoms with Crippen LogP contribution in [0.3, 0.4) is 0 Å². The Balaban J connectivity index is 1.83. The van der Waals surface area contributed by atoms with Crippen LogP contribution in [0.2, 0.25) is 0 Å². The first-order valence-corrected chi connectivity index (χ1v) is 6.85. The van der Waals surface area contributed by atoms with Gasteiger partial charge in [-0.15, -0.1) is 5.10 Å². The van der Waals surface area contributed by atoms with Gasteiger partial charge in [-0.3, -0.25) is 4.79 Å². The third-order valence-electron chi connectivity index (χ3n) is 3.32. The van der Waals surface area contributed by atoms with Crippen LogP contribution >= 0.6 is 0 Å². The maximum atomic E-state index is 12.2. The van der Waals surface area contributed by atoms with Gasteiger partial charge in [0.25, 0.3) is 5.56 Å². The zero-order valence-corrected chi connectivity index (χ0v) is 12.3. The van der Waals surface area contributed by atoms with Crippen LogP contribution in [0.15, 0.2) is 47.3 Å². The molecule has 0 atom stereocenters. The highest BCUT2D eigenvalue weighted by Gasteiger charge is 2.14. The average Bonchev–Trinajstić information content (AvgIpc) is 2.56. The van der Waals surface area contributed by atoms with Gasteiger partial charge < -0.3 is 9.84 Å². The van der Waals surface area contributed by atoms with E-state index in [1.807, 2.05) is 0 Å². The summed E-state index contributed by atoms with van der Waals surface area (Å²) in [6, 6.07) is 11.3. The molecule has 1 heterocycles. The number of aromatic hydroxyl groups is 1. The van der Waals surface area contributed by atoms with Gasteiger partial charge in [0.1, 0.15) is 16.8 Å². The summed E-state index contributed by atoms with van der Waals surface area (Å²) in [7, 11) is 0. The number of hydrogen-bond donors (Lipinski definition) is 1. The summed E-state index contributed by atoms with van der Waals surface area (Å²) in [4.78, 5) is 24.2. The molecular weight excluding hydrogens is 298 g/mol. The number of fused-ring (bicyclic) bond motifs is 1. The van der Waals surface area contributed by atoms with E-state index in [1.54, 1.807) is 37.3 Å². The molecule has 7 nitrogen and oxygen atoms in total. The van der Waals surface area contributed by atoms with E-state index in [-0.39, 0.29) is 18.0 Å². The van der Waals surface area contributed by atoms with E-state index in [9.17, 15) is 14.7 Å². The van der Waals surface area contributed by atoms with E-state index in [0.717, 1.165) is 10.2 Å². The monoisotopic (exact) mass is 311 g/mol. The number of nitrogens with zero attached hydrogens (tertiary/aromatic N) is 3. The molecule has 116 valence electrons. The van der Waals surface area contributed by atoms with Gasteiger partial charge in [0, 0.05) is 0 Å². The van der Waals surface area contributed by atoms with E-state index in [4.69, 9.17) is 4.74 Å². The number of esters is 1. The number of phenols is 1. The van der Waals surface area contributed by atoms with Crippen LogP contribution in [0.25, 0.3) is 10.9 Å². The quantitative estimate of drug-likeness (QED) is 0.739. The molecule has 0 aliphatic heterocycles. The zero-order valence-electron chi connectivity index (χ0n) is 12.3. The lowest BCUT2D eigenvalue weighted by Crippen LogP contribution is -2.26. The van der Waals surface area contributed by atoms with Crippen molar-refractivity contribution >= 4 is 16.9 Å². The lowest BCUT2D eigenvalue weighted by molar-refractivity contribution is 0.0333. The molecule has 3 rings (SSSR count). The number of aryl methyl sites for hydroxylation is 1. The third kappa shape index (κ3) is 2.89. The molecule has 0 saturated heterocycles. The van der Waals surface area contributed by atoms with Crippen molar-refractivity contribution in [1.29, 1.82) is 0 Å². The lowest BCUT2D eigenvalue weighted by Gasteiger charge is -2.08. The van der Waals surface area contributed by atoms with E-state index in [1.165, 1.54) is 12.1 Å². The Labute approximate surface area is 130 Å². The molecule has 7 heteroatoms. The van der Waals surface area contributed by atoms with Crippen LogP contribution in [-0.2, 0) is 11.5 Å². The van der Waals surface area contributed by atoms with Gasteiger partial charge in [-0.05, 0) is 31.2 Å². The van der Waals surface area contributed by atoms with Crippen molar-refractivity contribution in [3.05, 3.63) is 63.9 Å². The first-order valence-electron chi connectivity index (χ1n) is 6.85. The molecule has 3 aromatic rings. The predicted molar refractivity (Wildman–Crippen MR) is 82.1 cm³/mol. The highest BCUT2D eigenvalue weighted by Crippen LogP contribution is 2.19. The Hall–Kier alpha value is -3.22. The number of hydrogen-bond acceptors (Lipinski definition) is 6. The Bertz CT molecular complexity index is 949. The second-order valence-corrected chi connectivity index (χ2v) is 4.99. The Morgan fingerprint density at radius 2 is 2.04 bits per heavy atom. The molecule has 0 spiro atoms. The molecular formula is C16H13N3O4. The zero-order chi connectivity index (χ0) is 16.4. The molecule has 0 saturated carbocycles. The number of rotatable bonds is 3. The highest BCUT2D eigenvalue weighted by atomic mass is 16.5. The maximum Gasteiger partial charge on any atom is 0.343 e. The van der Waals surface area contributed by atoms with Gasteiger partial charge in [-0.25, -0.2) is 4.79 Å². The van der Waals surface area contributed by atoms with E-state index >= 15 is 0 Å². The van der Waals surface area contributed by atoms with E-state index in [0.29, 0.717) is 10.9 Å². The van der Waals surface area contributed by atoms with Crippen molar-refractivity contribution in [2.45, 2.75) is 13.7 Å². The molecule has 0 bridgehead atoms. The first kappa shape index (κ1) is 14.7. The maximum absolute atomic E-state index is 12.2. The Morgan fingerprint density at radius 1 is 1.26 bits per heavy atom. The molecule has 0 amide bonds. The Morgan fingerprint density at radius 3 is 2.87 bits per heavy atom. The van der Waals surface area contributed by atoms with Gasteiger partial charge in [0.15, 0.2) is 6.73 Å². The molecule has 2 aromatic carbocycles. The topological polar surface area (TPSA) is 94.3 Å². The summed E-state index contributed by atoms with van der Waals surface area (Å²) in [5, 5.41) is 17.7. The van der Waals surface area contributed by atoms with Crippen molar-refractivity contribution < 1.29 is 14.6 Å². The number of aromatic nitrogens is 3. The second kappa shape index (κ2) is 5.88. The van der Waals surface area contributed by atoms with E-state index < -0.39 is 11.5 Å². The van der Waals surface area contributed by atoms with Gasteiger partial charge in [0.2, 0.25) is 0 Å². The third-order valence-corrected chi connectivity index (χ3v) is 3.32. The van der Waals surface area contributed by atoms with Crippen molar-refractivity contribution in [1.82, 2.24) is 15.0 Å². The standard InChI is InChI=1S/C16H13N3O4/c1-10-6-7-14(20)12(8-10)16(22)23-9-19-15(21)11-4-2-3-5-13(11)17-18-19/h2-8,20H,9H2,1H3. The Kier molecular flexibility index (Phi) is 3.76. The van der Waals surface area contributed by atoms with Gasteiger partial charge >= 0.3 is 5.97 Å². The highest BCUT2D eigenvalue weighted by molar-refractivity contribution is 5.92. The fourth-order valence-corrected chi connectivity index (χ4v) is 2.12. The fourth-order valence-electron chi connectivity index (χ4n) is 2.12. The number of ether oxygens (including phenoxy) is 1. The SMILES string of the molecule is Cc1ccc(O)c(C(=O)OCn2nnc3ccccc3c2=O)c1. The minimum absolute atomic E-state index is 0.0341. The summed E-state index contributed by atoms with van der Waals surface area (Å²) in [6.45, 7) is 1.40. The van der Waals surface area contributed by atoms with Gasteiger partial charge in [-0.1, -0.05) is 29.0 Å². The van der Waals surface area contributed by atoms with Crippen LogP contribution in [0.1, 0.15) is 15.9 Å². The molecule has 1 N–H and O–H groups in total. The summed E-state index contributed by atoms with van der Waals surface area (Å²) in [6.07, 6.45) is 0. The summed E-state index contributed by atoms with van der Waals surface area (Å²) in [5.41, 5.74) is 0.900. The fraction of sp³-hybridized carbons (Fsp3) is 0.125. The normalized spacial score (nSPS) is 10.7. The summed E-state index contributed by atoms with van der Waals surface area (Å²) >= 11 is 0. The lowest BCUT2D eigenvalue weighted by atomic mass is 10.1. The van der Waals surface area contributed by atoms with Gasteiger partial charge in [-0.2, -0.15) is 4.68 Å². The molecule has 1 aromatic heterocycles. The van der Waals surface area contributed by atoms with Crippen LogP contribution in [0.4, 0.5) is 0 Å². The second-order valence-electron chi connectivity index (χ2n) is 4.99. The summed E-state index contributed by atoms with van der Waals surface area (Å²) in [5.74, 6) is -0.925. The number of phenolic OH excluding ortho intramolecular Hbond substituents is 1. The van der Waals surface area contributed by atoms with Crippen LogP contribution in [0, 0.1) is 6.92 Å². The molecule has 23 heavy (non-hydrogen) atoms. The minimum Gasteiger partial charge on any atom is -0.507 e. The smallest absolute Gasteiger partial charge is 0.343 e. The van der Waals surface area contributed by atoms with Crippen LogP contribution in [0.5, 0.6) is 5.75 Å². The van der Waals surface area contributed by atoms with Gasteiger partial charge in [0.05, 0.1) is 5.39 Å². The largest absolute Gasteiger partial charge is 0.507 e. The summed E-state index contributed by atoms with van der Waals surface area (Å²) < 4.78 is 5.99.